The Morgan fingerprint density at radius 1 is 0.708 bits per heavy atom. The van der Waals surface area contributed by atoms with Crippen LogP contribution < -0.4 is 22.5 Å². The zero-order valence-electron chi connectivity index (χ0n) is 11.9. The molecule has 4 nitrogen and oxygen atoms in total. The maximum atomic E-state index is 13.1. The summed E-state index contributed by atoms with van der Waals surface area (Å²) in [5.41, 5.74) is 12.2. The molecule has 0 aliphatic rings. The molecule has 0 aliphatic heterocycles. The molecular weight excluding hydrogens is 338 g/mol. The quantitative estimate of drug-likeness (QED) is 0.482. The summed E-state index contributed by atoms with van der Waals surface area (Å²) >= 11 is 0. The molecule has 0 fully saturated rings. The number of nitrogens with one attached hydrogen (secondary N) is 1. The Morgan fingerprint density at radius 3 is 1.83 bits per heavy atom. The molecule has 2 rings (SSSR count). The second-order valence-electron chi connectivity index (χ2n) is 5.00. The van der Waals surface area contributed by atoms with E-state index in [1.54, 1.807) is 0 Å². The first-order valence-electron chi connectivity index (χ1n) is 6.39. The van der Waals surface area contributed by atoms with Crippen molar-refractivity contribution < 1.29 is 26.3 Å². The Labute approximate surface area is 132 Å². The molecule has 2 aromatic rings. The van der Waals surface area contributed by atoms with Crippen LogP contribution in [0, 0.1) is 0 Å². The molecule has 7 N–H and O–H groups in total. The van der Waals surface area contributed by atoms with Gasteiger partial charge < -0.3 is 22.5 Å². The molecular formula is C14H12F6N4. The number of halogens is 6. The fourth-order valence-electron chi connectivity index (χ4n) is 2.08. The van der Waals surface area contributed by atoms with Gasteiger partial charge in [0.25, 0.3) is 0 Å². The van der Waals surface area contributed by atoms with E-state index in [-0.39, 0.29) is 22.7 Å². The number of nitrogen functional groups attached to an aromatic ring is 3. The first-order chi connectivity index (χ1) is 10.9. The van der Waals surface area contributed by atoms with Gasteiger partial charge in [-0.1, -0.05) is 0 Å². The Kier molecular flexibility index (Phi) is 4.17. The third kappa shape index (κ3) is 3.76. The summed E-state index contributed by atoms with van der Waals surface area (Å²) in [5, 5.41) is 2.25. The second-order valence-corrected chi connectivity index (χ2v) is 5.00. The van der Waals surface area contributed by atoms with Gasteiger partial charge in [0.05, 0.1) is 22.5 Å². The minimum Gasteiger partial charge on any atom is -0.399 e. The molecule has 0 amide bonds. The Morgan fingerprint density at radius 2 is 1.29 bits per heavy atom. The average Bonchev–Trinajstić information content (AvgIpc) is 2.38. The lowest BCUT2D eigenvalue weighted by molar-refractivity contribution is -0.138. The topological polar surface area (TPSA) is 90.1 Å². The van der Waals surface area contributed by atoms with Crippen LogP contribution in [0.15, 0.2) is 30.3 Å². The highest BCUT2D eigenvalue weighted by Crippen LogP contribution is 2.41. The van der Waals surface area contributed by atoms with Crippen LogP contribution in [-0.4, -0.2) is 0 Å². The molecule has 10 heteroatoms. The van der Waals surface area contributed by atoms with Crippen LogP contribution >= 0.6 is 0 Å². The SMILES string of the molecule is Nc1cc(Nc2c(N)cc(N)cc2C(F)(F)F)cc(C(F)(F)F)c1. The van der Waals surface area contributed by atoms with Gasteiger partial charge in [0.15, 0.2) is 0 Å². The van der Waals surface area contributed by atoms with E-state index in [2.05, 4.69) is 5.32 Å². The number of rotatable bonds is 2. The zero-order chi connectivity index (χ0) is 18.3. The lowest BCUT2D eigenvalue weighted by atomic mass is 10.1. The van der Waals surface area contributed by atoms with Crippen LogP contribution in [0.4, 0.5) is 54.8 Å². The van der Waals surface area contributed by atoms with E-state index in [1.165, 1.54) is 0 Å². The molecule has 2 aromatic carbocycles. The van der Waals surface area contributed by atoms with Gasteiger partial charge in [-0.05, 0) is 30.3 Å². The van der Waals surface area contributed by atoms with Gasteiger partial charge in [-0.15, -0.1) is 0 Å². The van der Waals surface area contributed by atoms with E-state index in [0.717, 1.165) is 12.1 Å². The highest BCUT2D eigenvalue weighted by atomic mass is 19.4. The number of benzene rings is 2. The second kappa shape index (κ2) is 5.69. The molecule has 0 atom stereocenters. The third-order valence-corrected chi connectivity index (χ3v) is 3.05. The normalized spacial score (nSPS) is 12.2. The van der Waals surface area contributed by atoms with Crippen molar-refractivity contribution >= 4 is 28.4 Å². The minimum atomic E-state index is -4.81. The number of hydrogen-bond acceptors (Lipinski definition) is 4. The predicted molar refractivity (Wildman–Crippen MR) is 79.4 cm³/mol. The summed E-state index contributed by atoms with van der Waals surface area (Å²) in [6, 6.07) is 4.06. The van der Waals surface area contributed by atoms with E-state index >= 15 is 0 Å². The molecule has 0 radical (unpaired) electrons. The molecule has 0 unspecified atom stereocenters. The van der Waals surface area contributed by atoms with Crippen molar-refractivity contribution in [3.05, 3.63) is 41.5 Å². The van der Waals surface area contributed by atoms with E-state index in [0.29, 0.717) is 18.2 Å². The number of hydrogen-bond donors (Lipinski definition) is 4. The van der Waals surface area contributed by atoms with Gasteiger partial charge in [0, 0.05) is 17.1 Å². The van der Waals surface area contributed by atoms with E-state index in [1.807, 2.05) is 0 Å². The smallest absolute Gasteiger partial charge is 0.399 e. The summed E-state index contributed by atoms with van der Waals surface area (Å²) in [5.74, 6) is 0. The maximum Gasteiger partial charge on any atom is 0.418 e. The lowest BCUT2D eigenvalue weighted by Gasteiger charge is -2.18. The lowest BCUT2D eigenvalue weighted by Crippen LogP contribution is -2.12. The fraction of sp³-hybridized carbons (Fsp3) is 0.143. The summed E-state index contributed by atoms with van der Waals surface area (Å²) in [7, 11) is 0. The van der Waals surface area contributed by atoms with Crippen molar-refractivity contribution in [2.24, 2.45) is 0 Å². The molecule has 0 spiro atoms. The van der Waals surface area contributed by atoms with Crippen LogP contribution in [0.1, 0.15) is 11.1 Å². The Hall–Kier alpha value is -2.78. The minimum absolute atomic E-state index is 0.228. The zero-order valence-corrected chi connectivity index (χ0v) is 11.9. The largest absolute Gasteiger partial charge is 0.418 e. The Balaban J connectivity index is 2.55. The van der Waals surface area contributed by atoms with Crippen LogP contribution in [0.2, 0.25) is 0 Å². The fourth-order valence-corrected chi connectivity index (χ4v) is 2.08. The predicted octanol–water partition coefficient (Wildman–Crippen LogP) is 4.21. The van der Waals surface area contributed by atoms with Crippen molar-refractivity contribution in [2.45, 2.75) is 12.4 Å². The third-order valence-electron chi connectivity index (χ3n) is 3.05. The summed E-state index contributed by atoms with van der Waals surface area (Å²) in [6.07, 6.45) is -9.51. The van der Waals surface area contributed by atoms with Gasteiger partial charge in [0.1, 0.15) is 0 Å². The van der Waals surface area contributed by atoms with Gasteiger partial charge in [-0.25, -0.2) is 0 Å². The van der Waals surface area contributed by atoms with Gasteiger partial charge >= 0.3 is 12.4 Å². The molecule has 24 heavy (non-hydrogen) atoms. The van der Waals surface area contributed by atoms with Gasteiger partial charge in [-0.3, -0.25) is 0 Å². The molecule has 130 valence electrons. The average molecular weight is 350 g/mol. The van der Waals surface area contributed by atoms with Crippen LogP contribution in [0.25, 0.3) is 0 Å². The van der Waals surface area contributed by atoms with Crippen molar-refractivity contribution in [3.63, 3.8) is 0 Å². The van der Waals surface area contributed by atoms with Crippen molar-refractivity contribution in [1.29, 1.82) is 0 Å². The van der Waals surface area contributed by atoms with Crippen molar-refractivity contribution in [2.75, 3.05) is 22.5 Å². The monoisotopic (exact) mass is 350 g/mol. The molecule has 0 bridgehead atoms. The Bertz CT molecular complexity index is 767. The number of nitrogens with two attached hydrogens (primary N) is 3. The van der Waals surface area contributed by atoms with Gasteiger partial charge in [0.2, 0.25) is 0 Å². The summed E-state index contributed by atoms with van der Waals surface area (Å²) in [6.45, 7) is 0. The van der Waals surface area contributed by atoms with Crippen LogP contribution in [0.5, 0.6) is 0 Å². The first kappa shape index (κ1) is 17.6. The number of anilines is 5. The molecule has 0 aromatic heterocycles. The maximum absolute atomic E-state index is 13.1. The van der Waals surface area contributed by atoms with Gasteiger partial charge in [-0.2, -0.15) is 26.3 Å². The van der Waals surface area contributed by atoms with Crippen molar-refractivity contribution in [1.82, 2.24) is 0 Å². The molecule has 0 aliphatic carbocycles. The standard InChI is InChI=1S/C14H12F6N4/c15-13(16,17)6-1-7(21)3-9(2-6)24-12-10(14(18,19)20)4-8(22)5-11(12)23/h1-5,24H,21-23H2. The first-order valence-corrected chi connectivity index (χ1v) is 6.39. The van der Waals surface area contributed by atoms with Crippen LogP contribution in [-0.2, 0) is 12.4 Å². The van der Waals surface area contributed by atoms with E-state index in [9.17, 15) is 26.3 Å². The van der Waals surface area contributed by atoms with E-state index < -0.39 is 29.2 Å². The number of alkyl halides is 6. The molecule has 0 saturated heterocycles. The highest BCUT2D eigenvalue weighted by Gasteiger charge is 2.35. The molecule has 0 saturated carbocycles. The van der Waals surface area contributed by atoms with Crippen LogP contribution in [0.3, 0.4) is 0 Å². The molecule has 0 heterocycles. The summed E-state index contributed by atoms with van der Waals surface area (Å²) < 4.78 is 77.7. The van der Waals surface area contributed by atoms with E-state index in [4.69, 9.17) is 17.2 Å². The highest BCUT2D eigenvalue weighted by molar-refractivity contribution is 5.80. The van der Waals surface area contributed by atoms with Crippen molar-refractivity contribution in [3.8, 4) is 0 Å². The summed E-state index contributed by atoms with van der Waals surface area (Å²) in [4.78, 5) is 0.